The summed E-state index contributed by atoms with van der Waals surface area (Å²) >= 11 is 6.08. The molecule has 1 aliphatic rings. The summed E-state index contributed by atoms with van der Waals surface area (Å²) in [5.74, 6) is -1.22. The van der Waals surface area contributed by atoms with Gasteiger partial charge in [-0.1, -0.05) is 48.0 Å². The Morgan fingerprint density at radius 1 is 0.833 bits per heavy atom. The zero-order chi connectivity index (χ0) is 21.3. The Bertz CT molecular complexity index is 1210. The molecule has 0 radical (unpaired) electrons. The van der Waals surface area contributed by atoms with Crippen LogP contribution in [0.25, 0.3) is 0 Å². The predicted octanol–water partition coefficient (Wildman–Crippen LogP) is 3.84. The minimum absolute atomic E-state index is 0.0197. The van der Waals surface area contributed by atoms with Crippen molar-refractivity contribution >= 4 is 33.5 Å². The van der Waals surface area contributed by atoms with Crippen molar-refractivity contribution < 1.29 is 27.0 Å². The van der Waals surface area contributed by atoms with Gasteiger partial charge in [-0.25, -0.2) is 0 Å². The molecule has 0 aromatic heterocycles. The van der Waals surface area contributed by atoms with Crippen LogP contribution in [0.2, 0.25) is 5.02 Å². The maximum Gasteiger partial charge on any atom is 0.339 e. The van der Waals surface area contributed by atoms with Crippen LogP contribution >= 0.6 is 11.6 Å². The van der Waals surface area contributed by atoms with Gasteiger partial charge in [0, 0.05) is 0 Å². The Balaban J connectivity index is 1.51. The molecule has 1 heterocycles. The highest BCUT2D eigenvalue weighted by Crippen LogP contribution is 2.30. The summed E-state index contributed by atoms with van der Waals surface area (Å²) in [6, 6.07) is 18.4. The molecule has 0 aliphatic carbocycles. The van der Waals surface area contributed by atoms with E-state index in [9.17, 15) is 18.0 Å². The average molecular weight is 444 g/mol. The molecule has 1 aliphatic heterocycles. The Labute approximate surface area is 177 Å². The van der Waals surface area contributed by atoms with Gasteiger partial charge >= 0.3 is 10.1 Å². The number of fused-ring (bicyclic) bond motifs is 1. The van der Waals surface area contributed by atoms with Gasteiger partial charge in [-0.3, -0.25) is 14.4 Å². The van der Waals surface area contributed by atoms with Crippen molar-refractivity contribution in [3.05, 3.63) is 94.5 Å². The lowest BCUT2D eigenvalue weighted by molar-refractivity contribution is -0.101. The number of carbonyl (C=O) groups excluding carboxylic acids is 2. The molecule has 0 saturated carbocycles. The van der Waals surface area contributed by atoms with E-state index in [4.69, 9.17) is 20.6 Å². The molecular weight excluding hydrogens is 430 g/mol. The van der Waals surface area contributed by atoms with Crippen LogP contribution in [0.4, 0.5) is 0 Å². The maximum absolute atomic E-state index is 12.4. The minimum Gasteiger partial charge on any atom is -0.377 e. The second-order valence-electron chi connectivity index (χ2n) is 6.34. The highest BCUT2D eigenvalue weighted by molar-refractivity contribution is 7.87. The van der Waals surface area contributed by atoms with Crippen LogP contribution < -0.4 is 4.18 Å². The summed E-state index contributed by atoms with van der Waals surface area (Å²) in [4.78, 5) is 30.1. The molecule has 3 aromatic carbocycles. The van der Waals surface area contributed by atoms with Crippen molar-refractivity contribution in [1.82, 2.24) is 5.06 Å². The number of halogens is 1. The number of amides is 2. The zero-order valence-electron chi connectivity index (χ0n) is 15.3. The van der Waals surface area contributed by atoms with E-state index in [1.54, 1.807) is 48.5 Å². The topological polar surface area (TPSA) is 90.0 Å². The first-order valence-corrected chi connectivity index (χ1v) is 10.5. The van der Waals surface area contributed by atoms with Crippen LogP contribution in [-0.4, -0.2) is 25.3 Å². The molecule has 7 nitrogen and oxygen atoms in total. The number of hydroxylamine groups is 2. The first-order valence-electron chi connectivity index (χ1n) is 8.75. The highest BCUT2D eigenvalue weighted by atomic mass is 35.5. The van der Waals surface area contributed by atoms with Crippen LogP contribution in [0.1, 0.15) is 26.3 Å². The van der Waals surface area contributed by atoms with Gasteiger partial charge in [0.1, 0.15) is 11.5 Å². The summed E-state index contributed by atoms with van der Waals surface area (Å²) in [6.07, 6.45) is 0. The fourth-order valence-corrected chi connectivity index (χ4v) is 4.04. The van der Waals surface area contributed by atoms with Crippen molar-refractivity contribution in [3.63, 3.8) is 0 Å². The summed E-state index contributed by atoms with van der Waals surface area (Å²) < 4.78 is 30.0. The van der Waals surface area contributed by atoms with E-state index in [0.29, 0.717) is 10.6 Å². The molecule has 4 rings (SSSR count). The van der Waals surface area contributed by atoms with Gasteiger partial charge in [0.05, 0.1) is 16.1 Å². The van der Waals surface area contributed by atoms with Crippen molar-refractivity contribution in [2.75, 3.05) is 0 Å². The number of rotatable bonds is 6. The molecule has 30 heavy (non-hydrogen) atoms. The standard InChI is InChI=1S/C21H14ClNO6S/c22-18-11-10-14(12-19(18)29-30(26,27)15-6-2-1-3-7-15)13-28-23-20(24)16-8-4-5-9-17(16)21(23)25/h1-12H,13H2. The summed E-state index contributed by atoms with van der Waals surface area (Å²) in [5, 5.41) is 0.763. The monoisotopic (exact) mass is 443 g/mol. The first-order chi connectivity index (χ1) is 14.4. The second kappa shape index (κ2) is 7.91. The Kier molecular flexibility index (Phi) is 5.29. The van der Waals surface area contributed by atoms with Gasteiger partial charge in [-0.15, -0.1) is 5.06 Å². The quantitative estimate of drug-likeness (QED) is 0.425. The molecule has 0 bridgehead atoms. The maximum atomic E-state index is 12.4. The molecule has 3 aromatic rings. The van der Waals surface area contributed by atoms with Gasteiger partial charge in [-0.05, 0) is 42.0 Å². The van der Waals surface area contributed by atoms with Crippen molar-refractivity contribution in [2.24, 2.45) is 0 Å². The van der Waals surface area contributed by atoms with Crippen LogP contribution in [-0.2, 0) is 21.6 Å². The second-order valence-corrected chi connectivity index (χ2v) is 8.29. The van der Waals surface area contributed by atoms with E-state index < -0.39 is 21.9 Å². The lowest BCUT2D eigenvalue weighted by Gasteiger charge is -2.14. The molecule has 0 fully saturated rings. The number of hydrogen-bond acceptors (Lipinski definition) is 6. The molecule has 0 atom stereocenters. The third-order valence-corrected chi connectivity index (χ3v) is 5.90. The molecular formula is C21H14ClNO6S. The summed E-state index contributed by atoms with van der Waals surface area (Å²) in [5.41, 5.74) is 0.974. The molecule has 9 heteroatoms. The van der Waals surface area contributed by atoms with E-state index in [0.717, 1.165) is 0 Å². The van der Waals surface area contributed by atoms with E-state index in [2.05, 4.69) is 0 Å². The Morgan fingerprint density at radius 3 is 2.07 bits per heavy atom. The average Bonchev–Trinajstić information content (AvgIpc) is 2.99. The highest BCUT2D eigenvalue weighted by Gasteiger charge is 2.36. The van der Waals surface area contributed by atoms with E-state index in [-0.39, 0.29) is 33.4 Å². The van der Waals surface area contributed by atoms with Crippen molar-refractivity contribution in [1.29, 1.82) is 0 Å². The minimum atomic E-state index is -4.08. The lowest BCUT2D eigenvalue weighted by Crippen LogP contribution is -2.29. The summed E-state index contributed by atoms with van der Waals surface area (Å²) in [7, 11) is -4.08. The number of carbonyl (C=O) groups is 2. The molecule has 2 amide bonds. The van der Waals surface area contributed by atoms with E-state index >= 15 is 0 Å². The largest absolute Gasteiger partial charge is 0.377 e. The van der Waals surface area contributed by atoms with Crippen molar-refractivity contribution in [3.8, 4) is 5.75 Å². The van der Waals surface area contributed by atoms with Crippen molar-refractivity contribution in [2.45, 2.75) is 11.5 Å². The fourth-order valence-electron chi connectivity index (χ4n) is 2.88. The summed E-state index contributed by atoms with van der Waals surface area (Å²) in [6.45, 7) is -0.176. The molecule has 152 valence electrons. The Morgan fingerprint density at radius 2 is 1.43 bits per heavy atom. The molecule has 0 N–H and O–H groups in total. The van der Waals surface area contributed by atoms with Crippen LogP contribution in [0.15, 0.2) is 77.7 Å². The van der Waals surface area contributed by atoms with Gasteiger partial charge in [0.2, 0.25) is 0 Å². The van der Waals surface area contributed by atoms with Crippen LogP contribution in [0, 0.1) is 0 Å². The third-order valence-electron chi connectivity index (χ3n) is 4.34. The molecule has 0 saturated heterocycles. The van der Waals surface area contributed by atoms with Gasteiger partial charge in [-0.2, -0.15) is 8.42 Å². The SMILES string of the molecule is O=C1c2ccccc2C(=O)N1OCc1ccc(Cl)c(OS(=O)(=O)c2ccccc2)c1. The van der Waals surface area contributed by atoms with Crippen LogP contribution in [0.3, 0.4) is 0 Å². The smallest absolute Gasteiger partial charge is 0.339 e. The number of nitrogens with zero attached hydrogens (tertiary/aromatic N) is 1. The third kappa shape index (κ3) is 3.80. The predicted molar refractivity (Wildman–Crippen MR) is 107 cm³/mol. The number of hydrogen-bond donors (Lipinski definition) is 0. The first kappa shape index (κ1) is 20.1. The fraction of sp³-hybridized carbons (Fsp3) is 0.0476. The van der Waals surface area contributed by atoms with Gasteiger partial charge in [0.15, 0.2) is 5.75 Å². The normalized spacial score (nSPS) is 13.4. The lowest BCUT2D eigenvalue weighted by atomic mass is 10.1. The Hall–Kier alpha value is -3.20. The van der Waals surface area contributed by atoms with E-state index in [1.807, 2.05) is 0 Å². The molecule has 0 spiro atoms. The molecule has 0 unspecified atom stereocenters. The van der Waals surface area contributed by atoms with Crippen LogP contribution in [0.5, 0.6) is 5.75 Å². The van der Waals surface area contributed by atoms with Gasteiger partial charge < -0.3 is 4.18 Å². The van der Waals surface area contributed by atoms with Gasteiger partial charge in [0.25, 0.3) is 11.8 Å². The van der Waals surface area contributed by atoms with E-state index in [1.165, 1.54) is 24.3 Å². The number of imide groups is 1. The zero-order valence-corrected chi connectivity index (χ0v) is 16.9. The number of benzene rings is 3.